The summed E-state index contributed by atoms with van der Waals surface area (Å²) in [5.41, 5.74) is 1.44. The van der Waals surface area contributed by atoms with Crippen molar-refractivity contribution in [1.82, 2.24) is 5.32 Å². The minimum Gasteiger partial charge on any atom is -0.508 e. The summed E-state index contributed by atoms with van der Waals surface area (Å²) in [5.74, 6) is 0.129. The van der Waals surface area contributed by atoms with Gasteiger partial charge in [-0.2, -0.15) is 0 Å². The summed E-state index contributed by atoms with van der Waals surface area (Å²) in [6.45, 7) is 1.96. The molecule has 92 valence electrons. The lowest BCUT2D eigenvalue weighted by Crippen LogP contribution is -2.26. The van der Waals surface area contributed by atoms with Crippen molar-refractivity contribution in [3.05, 3.63) is 29.3 Å². The Balaban J connectivity index is 2.27. The number of esters is 1. The highest BCUT2D eigenvalue weighted by Crippen LogP contribution is 2.29. The van der Waals surface area contributed by atoms with E-state index < -0.39 is 5.97 Å². The molecule has 0 amide bonds. The van der Waals surface area contributed by atoms with Crippen LogP contribution in [0.15, 0.2) is 18.2 Å². The lowest BCUT2D eigenvalue weighted by molar-refractivity contribution is 0.0600. The maximum atomic E-state index is 11.5. The number of methoxy groups -OCH3 is 1. The minimum atomic E-state index is -0.406. The van der Waals surface area contributed by atoms with Gasteiger partial charge in [-0.15, -0.1) is 0 Å². The first-order valence-electron chi connectivity index (χ1n) is 5.83. The zero-order valence-electron chi connectivity index (χ0n) is 9.90. The van der Waals surface area contributed by atoms with Crippen LogP contribution in [0.5, 0.6) is 5.75 Å². The van der Waals surface area contributed by atoms with Crippen LogP contribution in [0, 0.1) is 0 Å². The second-order valence-corrected chi connectivity index (χ2v) is 4.33. The van der Waals surface area contributed by atoms with Gasteiger partial charge in [0.05, 0.1) is 12.7 Å². The van der Waals surface area contributed by atoms with Crippen LogP contribution in [0.2, 0.25) is 0 Å². The van der Waals surface area contributed by atoms with Crippen LogP contribution in [0.1, 0.15) is 34.7 Å². The monoisotopic (exact) mass is 235 g/mol. The van der Waals surface area contributed by atoms with Crippen LogP contribution in [-0.4, -0.2) is 31.3 Å². The van der Waals surface area contributed by atoms with Crippen molar-refractivity contribution in [2.45, 2.75) is 18.8 Å². The summed E-state index contributed by atoms with van der Waals surface area (Å²) in [6.07, 6.45) is 2.06. The topological polar surface area (TPSA) is 58.6 Å². The maximum Gasteiger partial charge on any atom is 0.337 e. The maximum absolute atomic E-state index is 11.5. The van der Waals surface area contributed by atoms with Crippen molar-refractivity contribution in [3.63, 3.8) is 0 Å². The molecule has 2 rings (SSSR count). The normalized spacial score (nSPS) is 16.8. The zero-order valence-corrected chi connectivity index (χ0v) is 9.90. The van der Waals surface area contributed by atoms with Gasteiger partial charge in [-0.1, -0.05) is 0 Å². The highest BCUT2D eigenvalue weighted by molar-refractivity contribution is 5.90. The van der Waals surface area contributed by atoms with Crippen molar-refractivity contribution in [2.75, 3.05) is 20.2 Å². The predicted octanol–water partition coefficient (Wildman–Crippen LogP) is 1.65. The van der Waals surface area contributed by atoms with E-state index in [4.69, 9.17) is 0 Å². The predicted molar refractivity (Wildman–Crippen MR) is 64.3 cm³/mol. The molecule has 0 bridgehead atoms. The molecule has 2 N–H and O–H groups in total. The summed E-state index contributed by atoms with van der Waals surface area (Å²) >= 11 is 0. The van der Waals surface area contributed by atoms with E-state index in [0.29, 0.717) is 11.5 Å². The van der Waals surface area contributed by atoms with E-state index in [2.05, 4.69) is 10.1 Å². The van der Waals surface area contributed by atoms with Crippen LogP contribution < -0.4 is 5.32 Å². The molecule has 1 fully saturated rings. The Labute approximate surface area is 101 Å². The van der Waals surface area contributed by atoms with E-state index in [-0.39, 0.29) is 5.75 Å². The quantitative estimate of drug-likeness (QED) is 0.765. The summed E-state index contributed by atoms with van der Waals surface area (Å²) in [5, 5.41) is 12.9. The molecule has 0 aromatic heterocycles. The number of carbonyl (C=O) groups is 1. The molecule has 0 spiro atoms. The van der Waals surface area contributed by atoms with Gasteiger partial charge in [-0.3, -0.25) is 0 Å². The summed E-state index contributed by atoms with van der Waals surface area (Å²) in [7, 11) is 1.34. The molecule has 4 nitrogen and oxygen atoms in total. The largest absolute Gasteiger partial charge is 0.508 e. The second kappa shape index (κ2) is 5.19. The van der Waals surface area contributed by atoms with E-state index in [1.165, 1.54) is 13.2 Å². The van der Waals surface area contributed by atoms with Gasteiger partial charge in [0.2, 0.25) is 0 Å². The van der Waals surface area contributed by atoms with Gasteiger partial charge in [-0.05, 0) is 55.6 Å². The molecule has 1 aliphatic heterocycles. The van der Waals surface area contributed by atoms with Gasteiger partial charge in [-0.25, -0.2) is 4.79 Å². The van der Waals surface area contributed by atoms with Crippen molar-refractivity contribution in [3.8, 4) is 5.75 Å². The number of piperidine rings is 1. The van der Waals surface area contributed by atoms with E-state index in [1.54, 1.807) is 6.07 Å². The van der Waals surface area contributed by atoms with Crippen molar-refractivity contribution >= 4 is 5.97 Å². The van der Waals surface area contributed by atoms with Crippen molar-refractivity contribution in [2.24, 2.45) is 0 Å². The zero-order chi connectivity index (χ0) is 12.3. The third-order valence-corrected chi connectivity index (χ3v) is 3.17. The smallest absolute Gasteiger partial charge is 0.337 e. The Kier molecular flexibility index (Phi) is 3.64. The van der Waals surface area contributed by atoms with E-state index in [9.17, 15) is 9.90 Å². The number of carbonyl (C=O) groups excluding carboxylic acids is 1. The van der Waals surface area contributed by atoms with E-state index >= 15 is 0 Å². The Bertz CT molecular complexity index is 411. The Morgan fingerprint density at radius 3 is 2.71 bits per heavy atom. The average Bonchev–Trinajstić information content (AvgIpc) is 2.38. The molecular weight excluding hydrogens is 218 g/mol. The van der Waals surface area contributed by atoms with E-state index in [0.717, 1.165) is 31.5 Å². The van der Waals surface area contributed by atoms with Crippen molar-refractivity contribution < 1.29 is 14.6 Å². The lowest BCUT2D eigenvalue weighted by Gasteiger charge is -2.23. The third kappa shape index (κ3) is 2.77. The van der Waals surface area contributed by atoms with Gasteiger partial charge < -0.3 is 15.2 Å². The van der Waals surface area contributed by atoms with Gasteiger partial charge in [0.25, 0.3) is 0 Å². The number of hydrogen-bond donors (Lipinski definition) is 2. The van der Waals surface area contributed by atoms with Crippen LogP contribution in [0.25, 0.3) is 0 Å². The van der Waals surface area contributed by atoms with Crippen LogP contribution in [-0.2, 0) is 4.74 Å². The molecule has 17 heavy (non-hydrogen) atoms. The molecule has 0 unspecified atom stereocenters. The number of phenols is 1. The van der Waals surface area contributed by atoms with E-state index in [1.807, 2.05) is 6.07 Å². The highest BCUT2D eigenvalue weighted by atomic mass is 16.5. The fraction of sp³-hybridized carbons (Fsp3) is 0.462. The molecule has 0 radical (unpaired) electrons. The van der Waals surface area contributed by atoms with Crippen molar-refractivity contribution in [1.29, 1.82) is 0 Å². The van der Waals surface area contributed by atoms with Gasteiger partial charge in [0.15, 0.2) is 0 Å². The first kappa shape index (κ1) is 11.9. The Morgan fingerprint density at radius 1 is 1.35 bits per heavy atom. The summed E-state index contributed by atoms with van der Waals surface area (Å²) in [4.78, 5) is 11.5. The molecule has 4 heteroatoms. The molecule has 1 aliphatic rings. The van der Waals surface area contributed by atoms with Crippen LogP contribution in [0.4, 0.5) is 0 Å². The fourth-order valence-corrected chi connectivity index (χ4v) is 2.26. The SMILES string of the molecule is COC(=O)c1cc(O)cc(C2CCNCC2)c1. The molecule has 0 saturated carbocycles. The number of benzene rings is 1. The molecule has 1 aromatic rings. The van der Waals surface area contributed by atoms with Crippen LogP contribution >= 0.6 is 0 Å². The minimum absolute atomic E-state index is 0.126. The van der Waals surface area contributed by atoms with Gasteiger partial charge in [0, 0.05) is 0 Å². The molecule has 1 saturated heterocycles. The highest BCUT2D eigenvalue weighted by Gasteiger charge is 2.18. The molecule has 0 atom stereocenters. The molecule has 1 aromatic carbocycles. The van der Waals surface area contributed by atoms with Gasteiger partial charge in [0.1, 0.15) is 5.75 Å². The number of nitrogens with one attached hydrogen (secondary N) is 1. The molecule has 0 aliphatic carbocycles. The first-order valence-corrected chi connectivity index (χ1v) is 5.83. The summed E-state index contributed by atoms with van der Waals surface area (Å²) < 4.78 is 4.67. The number of ether oxygens (including phenoxy) is 1. The number of phenolic OH excluding ortho intramolecular Hbond substituents is 1. The van der Waals surface area contributed by atoms with Crippen LogP contribution in [0.3, 0.4) is 0 Å². The third-order valence-electron chi connectivity index (χ3n) is 3.17. The molecular formula is C13H17NO3. The Morgan fingerprint density at radius 2 is 2.06 bits per heavy atom. The average molecular weight is 235 g/mol. The fourth-order valence-electron chi connectivity index (χ4n) is 2.26. The first-order chi connectivity index (χ1) is 8.20. The number of aromatic hydroxyl groups is 1. The number of rotatable bonds is 2. The Hall–Kier alpha value is -1.55. The lowest BCUT2D eigenvalue weighted by atomic mass is 9.89. The summed E-state index contributed by atoms with van der Waals surface area (Å²) in [6, 6.07) is 5.00. The van der Waals surface area contributed by atoms with Gasteiger partial charge >= 0.3 is 5.97 Å². The molecule has 1 heterocycles. The second-order valence-electron chi connectivity index (χ2n) is 4.33. The standard InChI is InChI=1S/C13H17NO3/c1-17-13(16)11-6-10(7-12(15)8-11)9-2-4-14-5-3-9/h6-9,14-15H,2-5H2,1H3. The number of hydrogen-bond acceptors (Lipinski definition) is 4.